The fourth-order valence-corrected chi connectivity index (χ4v) is 8.11. The highest BCUT2D eigenvalue weighted by atomic mass is 16.5. The summed E-state index contributed by atoms with van der Waals surface area (Å²) in [6.07, 6.45) is 6.77. The van der Waals surface area contributed by atoms with E-state index in [-0.39, 0.29) is 11.6 Å². The minimum atomic E-state index is -0.561. The molecule has 10 rings (SSSR count). The van der Waals surface area contributed by atoms with Gasteiger partial charge in [-0.1, -0.05) is 57.2 Å². The quantitative estimate of drug-likeness (QED) is 0.198. The molecule has 42 heavy (non-hydrogen) atoms. The van der Waals surface area contributed by atoms with Crippen molar-refractivity contribution < 1.29 is 9.30 Å². The summed E-state index contributed by atoms with van der Waals surface area (Å²) < 4.78 is 11.9. The molecule has 4 aliphatic heterocycles. The Balaban J connectivity index is 1.44. The van der Waals surface area contributed by atoms with E-state index in [0.29, 0.717) is 0 Å². The van der Waals surface area contributed by atoms with Crippen molar-refractivity contribution in [2.24, 2.45) is 0 Å². The van der Waals surface area contributed by atoms with Gasteiger partial charge < -0.3 is 14.5 Å². The van der Waals surface area contributed by atoms with E-state index in [2.05, 4.69) is 155 Å². The van der Waals surface area contributed by atoms with Gasteiger partial charge in [-0.05, 0) is 65.6 Å². The van der Waals surface area contributed by atoms with Gasteiger partial charge in [0.05, 0.1) is 23.0 Å². The van der Waals surface area contributed by atoms with E-state index in [1.54, 1.807) is 0 Å². The van der Waals surface area contributed by atoms with Crippen LogP contribution in [0.25, 0.3) is 27.6 Å². The first-order valence-corrected chi connectivity index (χ1v) is 14.7. The van der Waals surface area contributed by atoms with Crippen LogP contribution >= 0.6 is 0 Å². The van der Waals surface area contributed by atoms with E-state index in [0.717, 1.165) is 11.5 Å². The topological polar surface area (TPSA) is 24.5 Å². The fourth-order valence-electron chi connectivity index (χ4n) is 8.11. The first-order valence-electron chi connectivity index (χ1n) is 14.7. The number of aromatic nitrogens is 2. The SMILES string of the molecule is CC(C)(C)c1cc[n+]2c(c1)-n1c3ccccc3c3ccc4c(c31)C21c2c(cccc2N2C=CN(c3ccccc3)C21)O4. The predicted molar refractivity (Wildman–Crippen MR) is 167 cm³/mol. The number of anilines is 2. The Morgan fingerprint density at radius 1 is 0.738 bits per heavy atom. The molecule has 1 spiro atoms. The molecule has 0 saturated heterocycles. The maximum atomic E-state index is 6.83. The van der Waals surface area contributed by atoms with Crippen LogP contribution in [0.1, 0.15) is 37.5 Å². The zero-order valence-corrected chi connectivity index (χ0v) is 23.7. The molecular formula is C37H29N4O+. The van der Waals surface area contributed by atoms with Gasteiger partial charge in [0.2, 0.25) is 5.54 Å². The Hall–Kier alpha value is -5.03. The average Bonchev–Trinajstić information content (AvgIpc) is 3.67. The lowest BCUT2D eigenvalue weighted by atomic mass is 9.76. The molecule has 6 heterocycles. The van der Waals surface area contributed by atoms with Crippen LogP contribution in [0.15, 0.2) is 116 Å². The number of rotatable bonds is 1. The van der Waals surface area contributed by atoms with Gasteiger partial charge in [-0.2, -0.15) is 4.57 Å². The maximum absolute atomic E-state index is 6.83. The lowest BCUT2D eigenvalue weighted by molar-refractivity contribution is -0.741. The molecule has 6 aromatic rings. The van der Waals surface area contributed by atoms with Crippen LogP contribution in [0.5, 0.6) is 11.5 Å². The van der Waals surface area contributed by atoms with Crippen molar-refractivity contribution in [1.29, 1.82) is 0 Å². The molecule has 2 unspecified atom stereocenters. The van der Waals surface area contributed by atoms with Gasteiger partial charge in [-0.3, -0.25) is 0 Å². The van der Waals surface area contributed by atoms with Crippen LogP contribution in [-0.4, -0.2) is 10.7 Å². The number of pyridine rings is 1. The number of fused-ring (bicyclic) bond motifs is 7. The number of hydrogen-bond donors (Lipinski definition) is 0. The second kappa shape index (κ2) is 7.24. The smallest absolute Gasteiger partial charge is 0.288 e. The van der Waals surface area contributed by atoms with Crippen LogP contribution in [0.2, 0.25) is 0 Å². The Morgan fingerprint density at radius 3 is 2.38 bits per heavy atom. The van der Waals surface area contributed by atoms with Crippen molar-refractivity contribution in [2.75, 3.05) is 9.80 Å². The van der Waals surface area contributed by atoms with Crippen LogP contribution in [-0.2, 0) is 11.0 Å². The van der Waals surface area contributed by atoms with Crippen LogP contribution < -0.4 is 19.1 Å². The van der Waals surface area contributed by atoms with Crippen molar-refractivity contribution in [2.45, 2.75) is 37.9 Å². The molecule has 202 valence electrons. The highest BCUT2D eigenvalue weighted by Gasteiger charge is 2.68. The van der Waals surface area contributed by atoms with Crippen molar-refractivity contribution in [3.05, 3.63) is 132 Å². The molecule has 0 amide bonds. The first kappa shape index (κ1) is 22.6. The largest absolute Gasteiger partial charge is 0.456 e. The molecule has 0 N–H and O–H groups in total. The molecule has 0 saturated carbocycles. The van der Waals surface area contributed by atoms with E-state index in [9.17, 15) is 0 Å². The monoisotopic (exact) mass is 545 g/mol. The number of benzene rings is 4. The lowest BCUT2D eigenvalue weighted by Crippen LogP contribution is -2.70. The van der Waals surface area contributed by atoms with Gasteiger partial charge in [-0.15, -0.1) is 0 Å². The standard InChI is InChI=1S/C37H29N4O/c1-36(2,3)23-18-19-40-31(22-23)41-27-13-8-7-12-25(27)26-16-17-30-33(34(26)41)37(40)32-28(14-9-15-29(32)42-30)39-21-20-38(35(37)39)24-10-5-4-6-11-24/h4-22,35H,1-3H3/q+1. The third kappa shape index (κ3) is 2.43. The van der Waals surface area contributed by atoms with Crippen LogP contribution in [0.4, 0.5) is 11.4 Å². The van der Waals surface area contributed by atoms with Gasteiger partial charge in [0.1, 0.15) is 17.0 Å². The zero-order valence-electron chi connectivity index (χ0n) is 23.7. The van der Waals surface area contributed by atoms with Crippen molar-refractivity contribution in [3.8, 4) is 17.3 Å². The minimum Gasteiger partial charge on any atom is -0.456 e. The summed E-state index contributed by atoms with van der Waals surface area (Å²) in [6.45, 7) is 6.90. The summed E-state index contributed by atoms with van der Waals surface area (Å²) in [6, 6.07) is 35.3. The first-order chi connectivity index (χ1) is 20.5. The summed E-state index contributed by atoms with van der Waals surface area (Å²) in [5.41, 5.74) is 8.03. The number of hydrogen-bond acceptors (Lipinski definition) is 3. The van der Waals surface area contributed by atoms with Gasteiger partial charge in [-0.25, -0.2) is 4.57 Å². The Labute approximate surface area is 244 Å². The zero-order chi connectivity index (χ0) is 28.0. The molecule has 0 fully saturated rings. The van der Waals surface area contributed by atoms with E-state index in [1.165, 1.54) is 55.7 Å². The molecule has 0 bridgehead atoms. The normalized spacial score (nSPS) is 20.6. The molecule has 2 atom stereocenters. The van der Waals surface area contributed by atoms with Gasteiger partial charge in [0.25, 0.3) is 5.82 Å². The Kier molecular flexibility index (Phi) is 3.90. The minimum absolute atomic E-state index is 0.00287. The Bertz CT molecular complexity index is 2190. The van der Waals surface area contributed by atoms with Crippen molar-refractivity contribution in [3.63, 3.8) is 0 Å². The second-order valence-corrected chi connectivity index (χ2v) is 12.9. The van der Waals surface area contributed by atoms with Crippen LogP contribution in [0.3, 0.4) is 0 Å². The summed E-state index contributed by atoms with van der Waals surface area (Å²) in [4.78, 5) is 4.90. The molecule has 0 aliphatic carbocycles. The molecule has 0 radical (unpaired) electrons. The molecule has 2 aromatic heterocycles. The Morgan fingerprint density at radius 2 is 1.52 bits per heavy atom. The molecule has 4 aromatic carbocycles. The third-order valence-electron chi connectivity index (χ3n) is 9.82. The molecule has 5 nitrogen and oxygen atoms in total. The summed E-state index contributed by atoms with van der Waals surface area (Å²) in [7, 11) is 0. The van der Waals surface area contributed by atoms with E-state index >= 15 is 0 Å². The molecule has 5 heteroatoms. The van der Waals surface area contributed by atoms with E-state index in [1.807, 2.05) is 0 Å². The number of nitrogens with zero attached hydrogens (tertiary/aromatic N) is 4. The molecule has 4 aliphatic rings. The van der Waals surface area contributed by atoms with Crippen molar-refractivity contribution in [1.82, 2.24) is 4.57 Å². The highest BCUT2D eigenvalue weighted by Crippen LogP contribution is 2.62. The average molecular weight is 546 g/mol. The lowest BCUT2D eigenvalue weighted by Gasteiger charge is -2.44. The van der Waals surface area contributed by atoms with Gasteiger partial charge in [0.15, 0.2) is 11.7 Å². The summed E-state index contributed by atoms with van der Waals surface area (Å²) >= 11 is 0. The second-order valence-electron chi connectivity index (χ2n) is 12.9. The van der Waals surface area contributed by atoms with Gasteiger partial charge >= 0.3 is 0 Å². The number of ether oxygens (including phenoxy) is 1. The van der Waals surface area contributed by atoms with E-state index < -0.39 is 5.54 Å². The van der Waals surface area contributed by atoms with Crippen LogP contribution in [0, 0.1) is 0 Å². The predicted octanol–water partition coefficient (Wildman–Crippen LogP) is 7.72. The van der Waals surface area contributed by atoms with Gasteiger partial charge in [0, 0.05) is 34.9 Å². The van der Waals surface area contributed by atoms with E-state index in [4.69, 9.17) is 4.74 Å². The summed E-state index contributed by atoms with van der Waals surface area (Å²) in [5.74, 6) is 3.04. The highest BCUT2D eigenvalue weighted by molar-refractivity contribution is 6.12. The number of para-hydroxylation sites is 2. The molecular weight excluding hydrogens is 516 g/mol. The third-order valence-corrected chi connectivity index (χ3v) is 9.82. The fraction of sp³-hybridized carbons (Fsp3) is 0.162. The maximum Gasteiger partial charge on any atom is 0.288 e. The van der Waals surface area contributed by atoms with Crippen molar-refractivity contribution >= 4 is 33.2 Å². The summed E-state index contributed by atoms with van der Waals surface area (Å²) in [5, 5.41) is 2.52.